The molecule has 0 saturated carbocycles. The van der Waals surface area contributed by atoms with E-state index in [2.05, 4.69) is 4.40 Å². The second-order valence-electron chi connectivity index (χ2n) is 5.51. The number of hydrogen-bond donors (Lipinski definition) is 0. The van der Waals surface area contributed by atoms with Crippen LogP contribution in [0.4, 0.5) is 8.78 Å². The molecule has 106 valence electrons. The Balaban J connectivity index is 3.07. The Hall–Kier alpha value is -0.940. The molecule has 0 spiro atoms. The van der Waals surface area contributed by atoms with Crippen LogP contribution in [-0.4, -0.2) is 15.0 Å². The minimum Gasteiger partial charge on any atom is -0.591 e. The maximum Gasteiger partial charge on any atom is 0.270 e. The van der Waals surface area contributed by atoms with Gasteiger partial charge in [-0.25, -0.2) is 8.78 Å². The topological polar surface area (TPSA) is 35.4 Å². The zero-order valence-electron chi connectivity index (χ0n) is 11.8. The average Bonchev–Trinajstić information content (AvgIpc) is 2.26. The van der Waals surface area contributed by atoms with Crippen LogP contribution in [0.2, 0.25) is 0 Å². The molecule has 1 rings (SSSR count). The Labute approximate surface area is 116 Å². The summed E-state index contributed by atoms with van der Waals surface area (Å²) in [5, 5.41) is 0. The van der Waals surface area contributed by atoms with Gasteiger partial charge in [0, 0.05) is 18.1 Å². The van der Waals surface area contributed by atoms with Crippen molar-refractivity contribution in [3.05, 3.63) is 35.4 Å². The predicted molar refractivity (Wildman–Crippen MR) is 76.1 cm³/mol. The molecule has 0 aliphatic rings. The lowest BCUT2D eigenvalue weighted by Gasteiger charge is -2.19. The number of hydrogen-bond acceptors (Lipinski definition) is 2. The van der Waals surface area contributed by atoms with Crippen molar-refractivity contribution in [2.75, 3.05) is 0 Å². The van der Waals surface area contributed by atoms with Crippen LogP contribution >= 0.6 is 0 Å². The van der Waals surface area contributed by atoms with Gasteiger partial charge in [-0.3, -0.25) is 0 Å². The highest BCUT2D eigenvalue weighted by atomic mass is 32.2. The van der Waals surface area contributed by atoms with Crippen LogP contribution in [0.5, 0.6) is 0 Å². The fourth-order valence-electron chi connectivity index (χ4n) is 1.33. The number of rotatable bonds is 3. The van der Waals surface area contributed by atoms with Gasteiger partial charge in [-0.15, -0.1) is 0 Å². The minimum atomic E-state index is -2.89. The van der Waals surface area contributed by atoms with E-state index in [4.69, 9.17) is 0 Å². The first kappa shape index (κ1) is 16.1. The summed E-state index contributed by atoms with van der Waals surface area (Å²) in [7, 11) is 0. The Bertz CT molecular complexity index is 475. The van der Waals surface area contributed by atoms with Crippen molar-refractivity contribution in [1.82, 2.24) is 0 Å². The van der Waals surface area contributed by atoms with Crippen LogP contribution in [0.15, 0.2) is 28.7 Å². The van der Waals surface area contributed by atoms with E-state index in [1.807, 2.05) is 20.8 Å². The molecule has 0 aliphatic heterocycles. The highest BCUT2D eigenvalue weighted by molar-refractivity contribution is 7.91. The maximum atomic E-state index is 13.2. The molecule has 0 heterocycles. The first-order valence-electron chi connectivity index (χ1n) is 5.98. The van der Waals surface area contributed by atoms with Crippen molar-refractivity contribution in [2.45, 2.75) is 45.3 Å². The van der Waals surface area contributed by atoms with Crippen LogP contribution < -0.4 is 0 Å². The van der Waals surface area contributed by atoms with E-state index in [0.29, 0.717) is 11.3 Å². The van der Waals surface area contributed by atoms with Crippen LogP contribution in [0.3, 0.4) is 0 Å². The maximum absolute atomic E-state index is 13.2. The zero-order chi connectivity index (χ0) is 14.8. The van der Waals surface area contributed by atoms with Crippen molar-refractivity contribution >= 4 is 17.1 Å². The summed E-state index contributed by atoms with van der Waals surface area (Å²) in [6.45, 7) is 7.98. The van der Waals surface area contributed by atoms with E-state index < -0.39 is 22.0 Å². The molecule has 0 fully saturated rings. The molecule has 0 amide bonds. The monoisotopic (exact) mass is 287 g/mol. The normalized spacial score (nSPS) is 15.5. The van der Waals surface area contributed by atoms with Crippen molar-refractivity contribution in [3.8, 4) is 0 Å². The molecule has 0 aromatic heterocycles. The van der Waals surface area contributed by atoms with Crippen molar-refractivity contribution in [3.63, 3.8) is 0 Å². The lowest BCUT2D eigenvalue weighted by atomic mass is 10.0. The van der Waals surface area contributed by atoms with Gasteiger partial charge in [0.05, 0.1) is 5.71 Å². The van der Waals surface area contributed by atoms with Gasteiger partial charge in [-0.05, 0) is 33.8 Å². The lowest BCUT2D eigenvalue weighted by Crippen LogP contribution is -2.26. The molecular formula is C14H19F2NOS. The Morgan fingerprint density at radius 1 is 1.21 bits per heavy atom. The lowest BCUT2D eigenvalue weighted by molar-refractivity contribution is 0.0174. The third kappa shape index (κ3) is 4.58. The third-order valence-corrected chi connectivity index (χ3v) is 4.02. The molecule has 0 aliphatic carbocycles. The fraction of sp³-hybridized carbons (Fsp3) is 0.500. The molecule has 0 saturated heterocycles. The molecule has 1 atom stereocenters. The van der Waals surface area contributed by atoms with Gasteiger partial charge >= 0.3 is 0 Å². The molecule has 0 N–H and O–H groups in total. The van der Waals surface area contributed by atoms with E-state index in [9.17, 15) is 13.3 Å². The van der Waals surface area contributed by atoms with Gasteiger partial charge in [0.15, 0.2) is 0 Å². The molecule has 0 radical (unpaired) electrons. The predicted octanol–water partition coefficient (Wildman–Crippen LogP) is 4.07. The quantitative estimate of drug-likeness (QED) is 0.609. The smallest absolute Gasteiger partial charge is 0.270 e. The number of benzene rings is 1. The molecular weight excluding hydrogens is 268 g/mol. The Kier molecular flexibility index (Phi) is 4.74. The molecule has 2 nitrogen and oxygen atoms in total. The second-order valence-corrected chi connectivity index (χ2v) is 7.41. The Morgan fingerprint density at radius 3 is 2.26 bits per heavy atom. The van der Waals surface area contributed by atoms with Crippen LogP contribution in [0.1, 0.15) is 45.7 Å². The standard InChI is InChI=1S/C14H19F2NOS/c1-10(17-19(18)13(2,3)4)11-7-6-8-12(9-11)14(5,15)16/h6-9H,1-5H3. The number of nitrogens with zero attached hydrogens (tertiary/aromatic N) is 1. The van der Waals surface area contributed by atoms with Gasteiger partial charge in [-0.2, -0.15) is 0 Å². The van der Waals surface area contributed by atoms with E-state index in [1.165, 1.54) is 12.1 Å². The van der Waals surface area contributed by atoms with E-state index in [1.54, 1.807) is 19.1 Å². The van der Waals surface area contributed by atoms with Crippen molar-refractivity contribution < 1.29 is 13.3 Å². The SMILES string of the molecule is CC(=N[S+]([O-])C(C)(C)C)c1cccc(C(C)(F)F)c1. The van der Waals surface area contributed by atoms with E-state index >= 15 is 0 Å². The molecule has 1 unspecified atom stereocenters. The summed E-state index contributed by atoms with van der Waals surface area (Å²) in [6, 6.07) is 6.01. The third-order valence-electron chi connectivity index (χ3n) is 2.53. The summed E-state index contributed by atoms with van der Waals surface area (Å²) in [6.07, 6.45) is 0. The van der Waals surface area contributed by atoms with Gasteiger partial charge in [-0.1, -0.05) is 22.6 Å². The van der Waals surface area contributed by atoms with E-state index in [0.717, 1.165) is 6.92 Å². The summed E-state index contributed by atoms with van der Waals surface area (Å²) >= 11 is -1.40. The van der Waals surface area contributed by atoms with Crippen LogP contribution in [-0.2, 0) is 17.3 Å². The first-order valence-corrected chi connectivity index (χ1v) is 7.08. The largest absolute Gasteiger partial charge is 0.591 e. The van der Waals surface area contributed by atoms with E-state index in [-0.39, 0.29) is 5.56 Å². The molecule has 0 bridgehead atoms. The first-order chi connectivity index (χ1) is 8.51. The van der Waals surface area contributed by atoms with Crippen molar-refractivity contribution in [2.24, 2.45) is 4.40 Å². The summed E-state index contributed by atoms with van der Waals surface area (Å²) in [5.41, 5.74) is 0.997. The van der Waals surface area contributed by atoms with Gasteiger partial charge < -0.3 is 4.55 Å². The van der Waals surface area contributed by atoms with Gasteiger partial charge in [0.1, 0.15) is 16.1 Å². The molecule has 1 aromatic rings. The highest BCUT2D eigenvalue weighted by Crippen LogP contribution is 2.27. The molecule has 19 heavy (non-hydrogen) atoms. The summed E-state index contributed by atoms with van der Waals surface area (Å²) < 4.78 is 42.0. The molecule has 5 heteroatoms. The zero-order valence-corrected chi connectivity index (χ0v) is 12.6. The highest BCUT2D eigenvalue weighted by Gasteiger charge is 2.27. The number of alkyl halides is 2. The van der Waals surface area contributed by atoms with Gasteiger partial charge in [0.25, 0.3) is 5.92 Å². The molecule has 1 aromatic carbocycles. The Morgan fingerprint density at radius 2 is 1.79 bits per heavy atom. The van der Waals surface area contributed by atoms with Crippen LogP contribution in [0, 0.1) is 0 Å². The summed E-state index contributed by atoms with van der Waals surface area (Å²) in [5.74, 6) is -2.89. The minimum absolute atomic E-state index is 0.0684. The van der Waals surface area contributed by atoms with Crippen LogP contribution in [0.25, 0.3) is 0 Å². The second kappa shape index (κ2) is 5.59. The average molecular weight is 287 g/mol. The summed E-state index contributed by atoms with van der Waals surface area (Å²) in [4.78, 5) is 0. The van der Waals surface area contributed by atoms with Crippen molar-refractivity contribution in [1.29, 1.82) is 0 Å². The van der Waals surface area contributed by atoms with Gasteiger partial charge in [0.2, 0.25) is 0 Å². The fourth-order valence-corrected chi connectivity index (χ4v) is 1.96. The number of halogens is 2.